The minimum Gasteiger partial charge on any atom is -0.350 e. The monoisotopic (exact) mass is 411 g/mol. The number of rotatable bonds is 5. The van der Waals surface area contributed by atoms with Gasteiger partial charge in [0.1, 0.15) is 5.69 Å². The number of carbonyl (C=O) groups is 2. The zero-order valence-electron chi connectivity index (χ0n) is 16.8. The van der Waals surface area contributed by atoms with Crippen LogP contribution >= 0.6 is 0 Å². The first-order valence-electron chi connectivity index (χ1n) is 10.2. The van der Waals surface area contributed by atoms with E-state index in [0.717, 1.165) is 16.5 Å². The van der Waals surface area contributed by atoms with Crippen LogP contribution in [0.2, 0.25) is 0 Å². The van der Waals surface area contributed by atoms with Crippen LogP contribution in [0.3, 0.4) is 0 Å². The van der Waals surface area contributed by atoms with E-state index in [2.05, 4.69) is 15.3 Å². The molecule has 0 saturated heterocycles. The summed E-state index contributed by atoms with van der Waals surface area (Å²) < 4.78 is 1.95. The van der Waals surface area contributed by atoms with Gasteiger partial charge in [-0.2, -0.15) is 0 Å². The quantitative estimate of drug-likeness (QED) is 0.548. The van der Waals surface area contributed by atoms with E-state index < -0.39 is 0 Å². The van der Waals surface area contributed by atoms with Gasteiger partial charge in [-0.15, -0.1) is 0 Å². The molecule has 5 rings (SSSR count). The molecule has 0 spiro atoms. The number of nitrogens with one attached hydrogen (secondary N) is 1. The van der Waals surface area contributed by atoms with Gasteiger partial charge in [0.05, 0.1) is 11.6 Å². The van der Waals surface area contributed by atoms with Gasteiger partial charge in [0.2, 0.25) is 0 Å². The highest BCUT2D eigenvalue weighted by atomic mass is 16.2. The predicted molar refractivity (Wildman–Crippen MR) is 116 cm³/mol. The molecule has 0 saturated carbocycles. The molecule has 1 aliphatic rings. The average Bonchev–Trinajstić information content (AvgIpc) is 3.29. The van der Waals surface area contributed by atoms with Gasteiger partial charge in [0.25, 0.3) is 11.8 Å². The van der Waals surface area contributed by atoms with E-state index in [1.807, 2.05) is 64.2 Å². The Morgan fingerprint density at radius 1 is 1.10 bits per heavy atom. The first-order chi connectivity index (χ1) is 15.2. The summed E-state index contributed by atoms with van der Waals surface area (Å²) in [7, 11) is 0. The van der Waals surface area contributed by atoms with Crippen molar-refractivity contribution in [2.24, 2.45) is 0 Å². The van der Waals surface area contributed by atoms with Crippen molar-refractivity contribution in [3.63, 3.8) is 0 Å². The highest BCUT2D eigenvalue weighted by Crippen LogP contribution is 2.21. The zero-order chi connectivity index (χ0) is 21.2. The molecule has 0 aliphatic carbocycles. The van der Waals surface area contributed by atoms with Crippen molar-refractivity contribution in [3.8, 4) is 0 Å². The fourth-order valence-corrected chi connectivity index (χ4v) is 4.00. The molecule has 0 bridgehead atoms. The Morgan fingerprint density at radius 2 is 2.00 bits per heavy atom. The molecule has 1 atom stereocenters. The molecule has 154 valence electrons. The van der Waals surface area contributed by atoms with E-state index in [1.54, 1.807) is 24.7 Å². The van der Waals surface area contributed by atoms with Gasteiger partial charge in [0.15, 0.2) is 0 Å². The molecule has 4 heterocycles. The number of aromatic nitrogens is 3. The number of amides is 2. The molecule has 3 aromatic heterocycles. The smallest absolute Gasteiger partial charge is 0.271 e. The van der Waals surface area contributed by atoms with E-state index in [4.69, 9.17) is 0 Å². The molecular weight excluding hydrogens is 390 g/mol. The van der Waals surface area contributed by atoms with Gasteiger partial charge >= 0.3 is 0 Å². The second-order valence-corrected chi connectivity index (χ2v) is 7.61. The van der Waals surface area contributed by atoms with Gasteiger partial charge in [-0.05, 0) is 48.0 Å². The number of hydrogen-bond acceptors (Lipinski definition) is 4. The first kappa shape index (κ1) is 19.0. The van der Waals surface area contributed by atoms with Crippen LogP contribution in [0.25, 0.3) is 10.9 Å². The van der Waals surface area contributed by atoms with Crippen molar-refractivity contribution in [2.45, 2.75) is 19.1 Å². The fraction of sp³-hybridized carbons (Fsp3) is 0.167. The highest BCUT2D eigenvalue weighted by molar-refractivity contribution is 5.98. The van der Waals surface area contributed by atoms with Gasteiger partial charge < -0.3 is 14.8 Å². The topological polar surface area (TPSA) is 80.1 Å². The van der Waals surface area contributed by atoms with E-state index in [1.165, 1.54) is 0 Å². The summed E-state index contributed by atoms with van der Waals surface area (Å²) in [6.45, 7) is 1.42. The van der Waals surface area contributed by atoms with Crippen LogP contribution in [-0.4, -0.2) is 43.8 Å². The summed E-state index contributed by atoms with van der Waals surface area (Å²) in [5.74, 6) is -0.214. The lowest BCUT2D eigenvalue weighted by Crippen LogP contribution is -2.52. The SMILES string of the molecule is O=C(NCC1Cn2cccc2C(=O)N1Cc1cccnc1)c1ccc2ncccc2c1. The predicted octanol–water partition coefficient (Wildman–Crippen LogP) is 2.89. The lowest BCUT2D eigenvalue weighted by molar-refractivity contribution is 0.0563. The van der Waals surface area contributed by atoms with Crippen LogP contribution in [0.1, 0.15) is 26.4 Å². The standard InChI is InChI=1S/C24H21N5O2/c30-23(19-7-8-21-18(12-19)5-2-10-26-21)27-14-20-16-28-11-3-6-22(28)24(31)29(20)15-17-4-1-9-25-13-17/h1-13,20H,14-16H2,(H,27,30). The molecule has 7 nitrogen and oxygen atoms in total. The third-order valence-corrected chi connectivity index (χ3v) is 5.60. The fourth-order valence-electron chi connectivity index (χ4n) is 4.00. The van der Waals surface area contributed by atoms with Crippen molar-refractivity contribution in [1.29, 1.82) is 0 Å². The normalized spacial score (nSPS) is 15.7. The van der Waals surface area contributed by atoms with Crippen molar-refractivity contribution in [2.75, 3.05) is 6.54 Å². The van der Waals surface area contributed by atoms with E-state index >= 15 is 0 Å². The van der Waals surface area contributed by atoms with Crippen molar-refractivity contribution >= 4 is 22.7 Å². The number of nitrogens with zero attached hydrogens (tertiary/aromatic N) is 4. The molecule has 1 aliphatic heterocycles. The summed E-state index contributed by atoms with van der Waals surface area (Å²) in [5.41, 5.74) is 3.03. The molecule has 0 radical (unpaired) electrons. The second kappa shape index (κ2) is 8.02. The summed E-state index contributed by atoms with van der Waals surface area (Å²) in [6, 6.07) is 16.6. The molecule has 4 aromatic rings. The second-order valence-electron chi connectivity index (χ2n) is 7.61. The maximum atomic E-state index is 13.1. The molecule has 1 unspecified atom stereocenters. The Morgan fingerprint density at radius 3 is 2.87 bits per heavy atom. The van der Waals surface area contributed by atoms with Gasteiger partial charge in [-0.3, -0.25) is 19.6 Å². The van der Waals surface area contributed by atoms with Gasteiger partial charge in [-0.1, -0.05) is 12.1 Å². The highest BCUT2D eigenvalue weighted by Gasteiger charge is 2.32. The van der Waals surface area contributed by atoms with Crippen molar-refractivity contribution < 1.29 is 9.59 Å². The first-order valence-corrected chi connectivity index (χ1v) is 10.2. The summed E-state index contributed by atoms with van der Waals surface area (Å²) in [5, 5.41) is 3.93. The van der Waals surface area contributed by atoms with Crippen LogP contribution in [0.4, 0.5) is 0 Å². The Balaban J connectivity index is 1.35. The molecule has 0 fully saturated rings. The van der Waals surface area contributed by atoms with E-state index in [-0.39, 0.29) is 17.9 Å². The number of fused-ring (bicyclic) bond motifs is 2. The minimum absolute atomic E-state index is 0.0452. The van der Waals surface area contributed by atoms with E-state index in [9.17, 15) is 9.59 Å². The average molecular weight is 411 g/mol. The maximum absolute atomic E-state index is 13.1. The third-order valence-electron chi connectivity index (χ3n) is 5.60. The number of pyridine rings is 2. The number of carbonyl (C=O) groups excluding carboxylic acids is 2. The summed E-state index contributed by atoms with van der Waals surface area (Å²) in [4.78, 5) is 36.2. The van der Waals surface area contributed by atoms with Crippen molar-refractivity contribution in [1.82, 2.24) is 24.8 Å². The Bertz CT molecular complexity index is 1250. The molecule has 2 amide bonds. The number of benzene rings is 1. The molecule has 31 heavy (non-hydrogen) atoms. The molecule has 1 N–H and O–H groups in total. The lowest BCUT2D eigenvalue weighted by Gasteiger charge is -2.36. The largest absolute Gasteiger partial charge is 0.350 e. The maximum Gasteiger partial charge on any atom is 0.271 e. The van der Waals surface area contributed by atoms with Crippen LogP contribution in [0, 0.1) is 0 Å². The summed E-state index contributed by atoms with van der Waals surface area (Å²) in [6.07, 6.45) is 7.11. The van der Waals surface area contributed by atoms with E-state index in [0.29, 0.717) is 30.9 Å². The van der Waals surface area contributed by atoms with Crippen LogP contribution < -0.4 is 5.32 Å². The molecule has 1 aromatic carbocycles. The van der Waals surface area contributed by atoms with Crippen LogP contribution in [0.5, 0.6) is 0 Å². The van der Waals surface area contributed by atoms with Gasteiger partial charge in [-0.25, -0.2) is 0 Å². The lowest BCUT2D eigenvalue weighted by atomic mass is 10.1. The molecule has 7 heteroatoms. The zero-order valence-corrected chi connectivity index (χ0v) is 16.8. The Labute approximate surface area is 179 Å². The third kappa shape index (κ3) is 3.77. The van der Waals surface area contributed by atoms with Crippen LogP contribution in [0.15, 0.2) is 79.4 Å². The Hall–Kier alpha value is -4.00. The summed E-state index contributed by atoms with van der Waals surface area (Å²) >= 11 is 0. The molecular formula is C24H21N5O2. The minimum atomic E-state index is -0.169. The Kier molecular flexibility index (Phi) is 4.92. The van der Waals surface area contributed by atoms with Gasteiger partial charge in [0, 0.05) is 55.4 Å². The number of hydrogen-bond donors (Lipinski definition) is 1. The van der Waals surface area contributed by atoms with Crippen molar-refractivity contribution in [3.05, 3.63) is 96.2 Å². The van der Waals surface area contributed by atoms with Crippen LogP contribution in [-0.2, 0) is 13.1 Å².